The van der Waals surface area contributed by atoms with Gasteiger partial charge in [0.1, 0.15) is 0 Å². The van der Waals surface area contributed by atoms with Crippen LogP contribution in [-0.4, -0.2) is 5.71 Å². The fourth-order valence-electron chi connectivity index (χ4n) is 0.573. The van der Waals surface area contributed by atoms with Gasteiger partial charge in [-0.05, 0) is 32.8 Å². The first-order valence-electron chi connectivity index (χ1n) is 3.93. The van der Waals surface area contributed by atoms with Crippen LogP contribution in [0.5, 0.6) is 0 Å². The van der Waals surface area contributed by atoms with Crippen molar-refractivity contribution in [2.24, 2.45) is 4.99 Å². The summed E-state index contributed by atoms with van der Waals surface area (Å²) in [5, 5.41) is 0. The summed E-state index contributed by atoms with van der Waals surface area (Å²) in [6.07, 6.45) is 2.85. The van der Waals surface area contributed by atoms with Crippen molar-refractivity contribution in [1.29, 1.82) is 0 Å². The monoisotopic (exact) mass is 151 g/mol. The summed E-state index contributed by atoms with van der Waals surface area (Å²) in [5.74, 6) is 0. The summed E-state index contributed by atoms with van der Waals surface area (Å²) >= 11 is 0. The molecule has 0 spiro atoms. The van der Waals surface area contributed by atoms with Crippen molar-refractivity contribution >= 4 is 5.71 Å². The SMILES string of the molecule is C=C(CC)C(C)=NC=C(C)C. The molecule has 0 amide bonds. The largest absolute Gasteiger partial charge is 0.261 e. The molecular weight excluding hydrogens is 134 g/mol. The highest BCUT2D eigenvalue weighted by molar-refractivity contribution is 5.97. The molecule has 0 aromatic heterocycles. The molecule has 0 saturated carbocycles. The van der Waals surface area contributed by atoms with Crippen LogP contribution < -0.4 is 0 Å². The maximum absolute atomic E-state index is 4.25. The molecule has 0 N–H and O–H groups in total. The van der Waals surface area contributed by atoms with Gasteiger partial charge >= 0.3 is 0 Å². The van der Waals surface area contributed by atoms with Crippen LogP contribution in [0.1, 0.15) is 34.1 Å². The smallest absolute Gasteiger partial charge is 0.0398 e. The van der Waals surface area contributed by atoms with E-state index < -0.39 is 0 Å². The zero-order valence-electron chi connectivity index (χ0n) is 7.94. The molecule has 0 radical (unpaired) electrons. The number of rotatable bonds is 3. The lowest BCUT2D eigenvalue weighted by atomic mass is 10.1. The number of hydrogen-bond acceptors (Lipinski definition) is 1. The van der Waals surface area contributed by atoms with E-state index in [-0.39, 0.29) is 0 Å². The Morgan fingerprint density at radius 1 is 1.36 bits per heavy atom. The van der Waals surface area contributed by atoms with Crippen molar-refractivity contribution in [3.05, 3.63) is 23.9 Å². The van der Waals surface area contributed by atoms with Crippen LogP contribution >= 0.6 is 0 Å². The van der Waals surface area contributed by atoms with E-state index in [1.807, 2.05) is 27.0 Å². The Kier molecular flexibility index (Phi) is 4.51. The predicted molar refractivity (Wildman–Crippen MR) is 52.0 cm³/mol. The van der Waals surface area contributed by atoms with Crippen molar-refractivity contribution in [2.75, 3.05) is 0 Å². The molecule has 1 nitrogen and oxygen atoms in total. The van der Waals surface area contributed by atoms with Crippen molar-refractivity contribution < 1.29 is 0 Å². The second-order valence-electron chi connectivity index (χ2n) is 2.88. The van der Waals surface area contributed by atoms with Crippen LogP contribution in [0.25, 0.3) is 0 Å². The van der Waals surface area contributed by atoms with Crippen molar-refractivity contribution in [3.8, 4) is 0 Å². The summed E-state index contributed by atoms with van der Waals surface area (Å²) in [7, 11) is 0. The highest BCUT2D eigenvalue weighted by Crippen LogP contribution is 2.01. The number of nitrogens with zero attached hydrogens (tertiary/aromatic N) is 1. The minimum Gasteiger partial charge on any atom is -0.261 e. The van der Waals surface area contributed by atoms with Gasteiger partial charge < -0.3 is 0 Å². The maximum atomic E-state index is 4.25. The van der Waals surface area contributed by atoms with Crippen LogP contribution in [0, 0.1) is 0 Å². The summed E-state index contributed by atoms with van der Waals surface area (Å²) in [6, 6.07) is 0. The van der Waals surface area contributed by atoms with Crippen LogP contribution in [0.4, 0.5) is 0 Å². The molecule has 0 rings (SSSR count). The topological polar surface area (TPSA) is 12.4 Å². The summed E-state index contributed by atoms with van der Waals surface area (Å²) in [4.78, 5) is 4.25. The highest BCUT2D eigenvalue weighted by Gasteiger charge is 1.92. The lowest BCUT2D eigenvalue weighted by Crippen LogP contribution is -1.92. The summed E-state index contributed by atoms with van der Waals surface area (Å²) in [6.45, 7) is 12.0. The van der Waals surface area contributed by atoms with Gasteiger partial charge in [-0.15, -0.1) is 0 Å². The second kappa shape index (κ2) is 4.89. The van der Waals surface area contributed by atoms with E-state index in [0.29, 0.717) is 0 Å². The lowest BCUT2D eigenvalue weighted by Gasteiger charge is -1.98. The Hall–Kier alpha value is -0.850. The zero-order valence-corrected chi connectivity index (χ0v) is 7.94. The molecule has 0 aromatic rings. The predicted octanol–water partition coefficient (Wildman–Crippen LogP) is 3.34. The minimum absolute atomic E-state index is 0.978. The van der Waals surface area contributed by atoms with E-state index >= 15 is 0 Å². The first-order chi connectivity index (χ1) is 5.07. The quantitative estimate of drug-likeness (QED) is 0.548. The van der Waals surface area contributed by atoms with Gasteiger partial charge in [0, 0.05) is 11.9 Å². The second-order valence-corrected chi connectivity index (χ2v) is 2.88. The summed E-state index contributed by atoms with van der Waals surface area (Å²) < 4.78 is 0. The van der Waals surface area contributed by atoms with Crippen LogP contribution in [0.15, 0.2) is 28.9 Å². The van der Waals surface area contributed by atoms with Gasteiger partial charge in [-0.1, -0.05) is 19.1 Å². The Balaban J connectivity index is 4.23. The van der Waals surface area contributed by atoms with E-state index in [2.05, 4.69) is 18.5 Å². The molecule has 0 heterocycles. The van der Waals surface area contributed by atoms with E-state index in [9.17, 15) is 0 Å². The molecule has 0 bridgehead atoms. The van der Waals surface area contributed by atoms with Gasteiger partial charge in [-0.2, -0.15) is 0 Å². The first kappa shape index (κ1) is 10.2. The van der Waals surface area contributed by atoms with E-state index in [1.165, 1.54) is 5.57 Å². The van der Waals surface area contributed by atoms with Crippen LogP contribution in [0.2, 0.25) is 0 Å². The van der Waals surface area contributed by atoms with E-state index in [4.69, 9.17) is 0 Å². The first-order valence-corrected chi connectivity index (χ1v) is 3.93. The zero-order chi connectivity index (χ0) is 8.85. The van der Waals surface area contributed by atoms with Crippen LogP contribution in [0.3, 0.4) is 0 Å². The third kappa shape index (κ3) is 4.54. The minimum atomic E-state index is 0.978. The van der Waals surface area contributed by atoms with Gasteiger partial charge in [0.05, 0.1) is 0 Å². The standard InChI is InChI=1S/C10H17N/c1-6-9(4)10(5)11-7-8(2)3/h7H,4,6H2,1-3,5H3. The third-order valence-electron chi connectivity index (χ3n) is 1.45. The molecule has 11 heavy (non-hydrogen) atoms. The van der Waals surface area contributed by atoms with Crippen molar-refractivity contribution in [3.63, 3.8) is 0 Å². The Labute approximate surface area is 69.5 Å². The highest BCUT2D eigenvalue weighted by atomic mass is 14.7. The molecule has 0 atom stereocenters. The molecular formula is C10H17N. The Bertz CT molecular complexity index is 193. The molecule has 0 aliphatic heterocycles. The maximum Gasteiger partial charge on any atom is 0.0398 e. The van der Waals surface area contributed by atoms with Gasteiger partial charge in [0.2, 0.25) is 0 Å². The van der Waals surface area contributed by atoms with Gasteiger partial charge in [0.25, 0.3) is 0 Å². The van der Waals surface area contributed by atoms with Crippen molar-refractivity contribution in [1.82, 2.24) is 0 Å². The average Bonchev–Trinajstić information content (AvgIpc) is 1.98. The van der Waals surface area contributed by atoms with Crippen molar-refractivity contribution in [2.45, 2.75) is 34.1 Å². The lowest BCUT2D eigenvalue weighted by molar-refractivity contribution is 1.17. The average molecular weight is 151 g/mol. The Morgan fingerprint density at radius 3 is 2.27 bits per heavy atom. The van der Waals surface area contributed by atoms with Gasteiger partial charge in [0.15, 0.2) is 0 Å². The number of allylic oxidation sites excluding steroid dienone is 2. The van der Waals surface area contributed by atoms with E-state index in [1.54, 1.807) is 0 Å². The molecule has 0 saturated heterocycles. The molecule has 0 aliphatic rings. The molecule has 0 unspecified atom stereocenters. The van der Waals surface area contributed by atoms with Gasteiger partial charge in [-0.3, -0.25) is 4.99 Å². The fourth-order valence-corrected chi connectivity index (χ4v) is 0.573. The number of aliphatic imine (C=N–C) groups is 1. The van der Waals surface area contributed by atoms with Crippen LogP contribution in [-0.2, 0) is 0 Å². The fraction of sp³-hybridized carbons (Fsp3) is 0.500. The number of hydrogen-bond donors (Lipinski definition) is 0. The van der Waals surface area contributed by atoms with Gasteiger partial charge in [-0.25, -0.2) is 0 Å². The molecule has 0 aromatic carbocycles. The Morgan fingerprint density at radius 2 is 1.91 bits per heavy atom. The molecule has 0 fully saturated rings. The molecule has 62 valence electrons. The normalized spacial score (nSPS) is 11.1. The molecule has 1 heteroatoms. The molecule has 0 aliphatic carbocycles. The summed E-state index contributed by atoms with van der Waals surface area (Å²) in [5.41, 5.74) is 3.37. The van der Waals surface area contributed by atoms with E-state index in [0.717, 1.165) is 17.7 Å². The third-order valence-corrected chi connectivity index (χ3v) is 1.45.